The summed E-state index contributed by atoms with van der Waals surface area (Å²) in [5, 5.41) is 10.9. The van der Waals surface area contributed by atoms with E-state index in [1.807, 2.05) is 0 Å². The normalized spacial score (nSPS) is 22.1. The maximum absolute atomic E-state index is 12.6. The zero-order chi connectivity index (χ0) is 15.6. The van der Waals surface area contributed by atoms with Gasteiger partial charge in [-0.15, -0.1) is 0 Å². The van der Waals surface area contributed by atoms with E-state index in [2.05, 4.69) is 0 Å². The maximum atomic E-state index is 12.6. The molecule has 1 atom stereocenters. The van der Waals surface area contributed by atoms with Crippen molar-refractivity contribution in [2.75, 3.05) is 13.1 Å². The van der Waals surface area contributed by atoms with Gasteiger partial charge in [0, 0.05) is 17.1 Å². The van der Waals surface area contributed by atoms with E-state index in [0.717, 1.165) is 0 Å². The Labute approximate surface area is 128 Å². The molecule has 2 amide bonds. The average molecular weight is 311 g/mol. The number of aliphatic hydroxyl groups is 1. The molecule has 0 spiro atoms. The van der Waals surface area contributed by atoms with E-state index in [9.17, 15) is 14.7 Å². The summed E-state index contributed by atoms with van der Waals surface area (Å²) in [6.45, 7) is 2.45. The van der Waals surface area contributed by atoms with Crippen LogP contribution in [0, 0.1) is 6.92 Å². The van der Waals surface area contributed by atoms with Crippen molar-refractivity contribution in [2.24, 2.45) is 5.73 Å². The van der Waals surface area contributed by atoms with Gasteiger partial charge >= 0.3 is 0 Å². The van der Waals surface area contributed by atoms with E-state index in [4.69, 9.17) is 17.3 Å². The van der Waals surface area contributed by atoms with Crippen molar-refractivity contribution in [2.45, 2.75) is 31.8 Å². The van der Waals surface area contributed by atoms with Gasteiger partial charge in [-0.3, -0.25) is 9.59 Å². The van der Waals surface area contributed by atoms with E-state index in [1.54, 1.807) is 30.0 Å². The molecule has 0 aromatic heterocycles. The number of piperidine rings is 1. The summed E-state index contributed by atoms with van der Waals surface area (Å²) in [5.74, 6) is -0.747. The highest BCUT2D eigenvalue weighted by Crippen LogP contribution is 2.27. The van der Waals surface area contributed by atoms with Crippen LogP contribution < -0.4 is 5.73 Å². The van der Waals surface area contributed by atoms with Crippen molar-refractivity contribution < 1.29 is 14.7 Å². The molecule has 1 saturated heterocycles. The largest absolute Gasteiger partial charge is 0.388 e. The van der Waals surface area contributed by atoms with E-state index >= 15 is 0 Å². The van der Waals surface area contributed by atoms with Gasteiger partial charge in [-0.05, 0) is 37.5 Å². The number of β-amino-alcohol motifs (C(OH)–C–C–N with tert-alkyl or cyclic N) is 1. The minimum absolute atomic E-state index is 0.112. The molecule has 2 rings (SSSR count). The third-order valence-electron chi connectivity index (χ3n) is 3.84. The smallest absolute Gasteiger partial charge is 0.254 e. The molecule has 1 aliphatic heterocycles. The van der Waals surface area contributed by atoms with Gasteiger partial charge < -0.3 is 15.7 Å². The van der Waals surface area contributed by atoms with Crippen molar-refractivity contribution in [1.29, 1.82) is 0 Å². The Morgan fingerprint density at radius 2 is 2.19 bits per heavy atom. The average Bonchev–Trinajstić information content (AvgIpc) is 2.39. The lowest BCUT2D eigenvalue weighted by Gasteiger charge is -2.38. The minimum Gasteiger partial charge on any atom is -0.388 e. The third-order valence-corrected chi connectivity index (χ3v) is 4.25. The molecule has 1 aromatic carbocycles. The number of carbonyl (C=O) groups is 2. The molecule has 3 N–H and O–H groups in total. The SMILES string of the molecule is Cc1c(Cl)cccc1C(=O)N1CCCC(O)(CC(N)=O)C1. The van der Waals surface area contributed by atoms with Crippen LogP contribution in [0.4, 0.5) is 0 Å². The molecule has 114 valence electrons. The van der Waals surface area contributed by atoms with Crippen molar-refractivity contribution in [1.82, 2.24) is 4.90 Å². The summed E-state index contributed by atoms with van der Waals surface area (Å²) >= 11 is 6.04. The summed E-state index contributed by atoms with van der Waals surface area (Å²) in [5.41, 5.74) is 5.17. The van der Waals surface area contributed by atoms with Crippen molar-refractivity contribution >= 4 is 23.4 Å². The highest BCUT2D eigenvalue weighted by Gasteiger charge is 2.37. The highest BCUT2D eigenvalue weighted by molar-refractivity contribution is 6.31. The molecule has 0 radical (unpaired) electrons. The third kappa shape index (κ3) is 3.54. The Morgan fingerprint density at radius 3 is 2.86 bits per heavy atom. The van der Waals surface area contributed by atoms with Gasteiger partial charge in [-0.25, -0.2) is 0 Å². The summed E-state index contributed by atoms with van der Waals surface area (Å²) in [6, 6.07) is 5.17. The first-order valence-corrected chi connectivity index (χ1v) is 7.25. The number of benzene rings is 1. The van der Waals surface area contributed by atoms with E-state index in [0.29, 0.717) is 35.5 Å². The number of nitrogens with zero attached hydrogens (tertiary/aromatic N) is 1. The van der Waals surface area contributed by atoms with Crippen LogP contribution in [0.15, 0.2) is 18.2 Å². The molecular formula is C15H19ClN2O3. The number of carbonyl (C=O) groups excluding carboxylic acids is 2. The van der Waals surface area contributed by atoms with Crippen molar-refractivity contribution in [3.05, 3.63) is 34.3 Å². The molecule has 21 heavy (non-hydrogen) atoms. The zero-order valence-corrected chi connectivity index (χ0v) is 12.7. The van der Waals surface area contributed by atoms with Crippen LogP contribution in [-0.2, 0) is 4.79 Å². The van der Waals surface area contributed by atoms with Crippen LogP contribution in [0.5, 0.6) is 0 Å². The fraction of sp³-hybridized carbons (Fsp3) is 0.467. The topological polar surface area (TPSA) is 83.6 Å². The number of hydrogen-bond donors (Lipinski definition) is 2. The molecule has 1 fully saturated rings. The second kappa shape index (κ2) is 6.03. The Morgan fingerprint density at radius 1 is 1.48 bits per heavy atom. The molecule has 0 aliphatic carbocycles. The highest BCUT2D eigenvalue weighted by atomic mass is 35.5. The Kier molecular flexibility index (Phi) is 4.54. The molecule has 1 aliphatic rings. The molecule has 5 nitrogen and oxygen atoms in total. The van der Waals surface area contributed by atoms with Crippen LogP contribution in [0.2, 0.25) is 5.02 Å². The first-order chi connectivity index (χ1) is 9.82. The van der Waals surface area contributed by atoms with Gasteiger partial charge in [-0.2, -0.15) is 0 Å². The summed E-state index contributed by atoms with van der Waals surface area (Å²) < 4.78 is 0. The van der Waals surface area contributed by atoms with Crippen molar-refractivity contribution in [3.8, 4) is 0 Å². The van der Waals surface area contributed by atoms with Gasteiger partial charge in [0.15, 0.2) is 0 Å². The first kappa shape index (κ1) is 15.8. The van der Waals surface area contributed by atoms with Crippen molar-refractivity contribution in [3.63, 3.8) is 0 Å². The maximum Gasteiger partial charge on any atom is 0.254 e. The van der Waals surface area contributed by atoms with E-state index in [1.165, 1.54) is 0 Å². The molecular weight excluding hydrogens is 292 g/mol. The standard InChI is InChI=1S/C15H19ClN2O3/c1-10-11(4-2-5-12(10)16)14(20)18-7-3-6-15(21,9-18)8-13(17)19/h2,4-5,21H,3,6-9H2,1H3,(H2,17,19). The lowest BCUT2D eigenvalue weighted by atomic mass is 9.89. The molecule has 1 aromatic rings. The van der Waals surface area contributed by atoms with Crippen LogP contribution in [-0.4, -0.2) is 40.5 Å². The predicted molar refractivity (Wildman–Crippen MR) is 80.1 cm³/mol. The number of rotatable bonds is 3. The van der Waals surface area contributed by atoms with Gasteiger partial charge in [0.1, 0.15) is 0 Å². The number of hydrogen-bond acceptors (Lipinski definition) is 3. The lowest BCUT2D eigenvalue weighted by molar-refractivity contribution is -0.125. The van der Waals surface area contributed by atoms with Gasteiger partial charge in [0.25, 0.3) is 5.91 Å². The number of nitrogens with two attached hydrogens (primary N) is 1. The monoisotopic (exact) mass is 310 g/mol. The van der Waals surface area contributed by atoms with Crippen LogP contribution >= 0.6 is 11.6 Å². The van der Waals surface area contributed by atoms with Gasteiger partial charge in [0.2, 0.25) is 5.91 Å². The summed E-state index contributed by atoms with van der Waals surface area (Å²) in [4.78, 5) is 25.2. The van der Waals surface area contributed by atoms with Crippen LogP contribution in [0.3, 0.4) is 0 Å². The molecule has 0 saturated carbocycles. The summed E-state index contributed by atoms with van der Waals surface area (Å²) in [7, 11) is 0. The summed E-state index contributed by atoms with van der Waals surface area (Å²) in [6.07, 6.45) is 0.967. The molecule has 6 heteroatoms. The number of amides is 2. The second-order valence-electron chi connectivity index (χ2n) is 5.61. The number of halogens is 1. The Bertz CT molecular complexity index is 576. The molecule has 1 heterocycles. The zero-order valence-electron chi connectivity index (χ0n) is 11.9. The Hall–Kier alpha value is -1.59. The molecule has 1 unspecified atom stereocenters. The van der Waals surface area contributed by atoms with Crippen LogP contribution in [0.1, 0.15) is 35.2 Å². The lowest BCUT2D eigenvalue weighted by Crippen LogP contribution is -2.52. The fourth-order valence-electron chi connectivity index (χ4n) is 2.76. The second-order valence-corrected chi connectivity index (χ2v) is 6.02. The quantitative estimate of drug-likeness (QED) is 0.887. The minimum atomic E-state index is -1.23. The Balaban J connectivity index is 2.19. The fourth-order valence-corrected chi connectivity index (χ4v) is 2.94. The predicted octanol–water partition coefficient (Wildman–Crippen LogP) is 1.49. The van der Waals surface area contributed by atoms with E-state index < -0.39 is 11.5 Å². The van der Waals surface area contributed by atoms with Gasteiger partial charge in [-0.1, -0.05) is 17.7 Å². The van der Waals surface area contributed by atoms with Crippen LogP contribution in [0.25, 0.3) is 0 Å². The number of primary amides is 1. The van der Waals surface area contributed by atoms with Gasteiger partial charge in [0.05, 0.1) is 18.6 Å². The van der Waals surface area contributed by atoms with E-state index in [-0.39, 0.29) is 18.9 Å². The first-order valence-electron chi connectivity index (χ1n) is 6.87. The number of likely N-dealkylation sites (tertiary alicyclic amines) is 1. The molecule has 0 bridgehead atoms.